The van der Waals surface area contributed by atoms with Crippen molar-refractivity contribution >= 4 is 31.2 Å². The van der Waals surface area contributed by atoms with Crippen LogP contribution in [0.15, 0.2) is 30.3 Å². The molecule has 2 aliphatic heterocycles. The predicted octanol–water partition coefficient (Wildman–Crippen LogP) is 6.90. The van der Waals surface area contributed by atoms with E-state index in [4.69, 9.17) is 0 Å². The molecule has 8 rings (SSSR count). The Morgan fingerprint density at radius 1 is 0.789 bits per heavy atom. The van der Waals surface area contributed by atoms with Crippen LogP contribution in [0.2, 0.25) is 0 Å². The van der Waals surface area contributed by atoms with Gasteiger partial charge in [-0.3, -0.25) is 0 Å². The van der Waals surface area contributed by atoms with E-state index >= 15 is 0 Å². The van der Waals surface area contributed by atoms with E-state index in [9.17, 15) is 26.7 Å². The highest BCUT2D eigenvalue weighted by atomic mass is 32.2. The van der Waals surface area contributed by atoms with Crippen molar-refractivity contribution in [1.29, 1.82) is 0 Å². The normalized spacial score (nSPS) is 41.8. The third-order valence-corrected chi connectivity index (χ3v) is 21.8. The van der Waals surface area contributed by atoms with Gasteiger partial charge >= 0.3 is 5.97 Å². The van der Waals surface area contributed by atoms with E-state index in [1.165, 1.54) is 56.9 Å². The number of sulfone groups is 2. The lowest BCUT2D eigenvalue weighted by Crippen LogP contribution is -2.68. The van der Waals surface area contributed by atoms with Gasteiger partial charge in [0.1, 0.15) is 0 Å². The molecule has 5 aliphatic carbocycles. The largest absolute Gasteiger partial charge is 0.478 e. The Labute approximate surface area is 344 Å². The number of nitrogens with one attached hydrogen (secondary N) is 1. The summed E-state index contributed by atoms with van der Waals surface area (Å²) in [5, 5.41) is 13.8. The zero-order valence-electron chi connectivity index (χ0n) is 35.7. The van der Waals surface area contributed by atoms with Crippen LogP contribution in [-0.4, -0.2) is 112 Å². The maximum Gasteiger partial charge on any atom is 0.335 e. The van der Waals surface area contributed by atoms with Crippen LogP contribution in [0.3, 0.4) is 0 Å². The van der Waals surface area contributed by atoms with Gasteiger partial charge < -0.3 is 20.2 Å². The minimum atomic E-state index is -2.92. The van der Waals surface area contributed by atoms with Crippen molar-refractivity contribution in [2.24, 2.45) is 57.2 Å². The summed E-state index contributed by atoms with van der Waals surface area (Å²) in [4.78, 5) is 16.4. The van der Waals surface area contributed by atoms with Crippen LogP contribution in [0.25, 0.3) is 5.57 Å². The number of carboxylic acids is 1. The van der Waals surface area contributed by atoms with Gasteiger partial charge in [0.25, 0.3) is 0 Å². The monoisotopic (exact) mass is 825 g/mol. The van der Waals surface area contributed by atoms with Gasteiger partial charge in [0.15, 0.2) is 19.7 Å². The van der Waals surface area contributed by atoms with E-state index in [2.05, 4.69) is 62.7 Å². The fourth-order valence-electron chi connectivity index (χ4n) is 15.4. The lowest BCUT2D eigenvalue weighted by molar-refractivity contribution is -0.221. The molecule has 11 heteroatoms. The molecule has 6 fully saturated rings. The number of aromatic carboxylic acids is 1. The Bertz CT molecular complexity index is 1940. The fourth-order valence-corrected chi connectivity index (χ4v) is 17.9. The molecule has 1 aromatic rings. The van der Waals surface area contributed by atoms with E-state index < -0.39 is 25.6 Å². The van der Waals surface area contributed by atoms with Gasteiger partial charge in [-0.15, -0.1) is 0 Å². The van der Waals surface area contributed by atoms with Crippen molar-refractivity contribution in [2.45, 2.75) is 105 Å². The molecule has 7 aliphatic rings. The molecule has 57 heavy (non-hydrogen) atoms. The zero-order valence-corrected chi connectivity index (χ0v) is 37.3. The number of rotatable bonds is 9. The fraction of sp³-hybridized carbons (Fsp3) is 0.804. The molecule has 4 saturated carbocycles. The molecule has 2 saturated heterocycles. The standard InChI is InChI=1S/C46H71N3O6S2/c1-32(31-49-25-29-57(54,55)30-26-49)35-13-18-46(47-21-22-48-23-27-56(52,53)28-24-48)20-19-44(5)37(40(35)46)11-12-39-43(4)16-14-36(33-7-9-34(10-8-33)41(50)51)42(2,3)38(43)15-17-45(39,44)6/h7-10,14,32,35,37-40,47H,11-13,15-31H2,1-6H3,(H,50,51). The Hall–Kier alpha value is -1.79. The van der Waals surface area contributed by atoms with Gasteiger partial charge in [-0.25, -0.2) is 21.6 Å². The van der Waals surface area contributed by atoms with Crippen molar-refractivity contribution < 1.29 is 26.7 Å². The smallest absolute Gasteiger partial charge is 0.335 e. The van der Waals surface area contributed by atoms with Gasteiger partial charge in [0, 0.05) is 51.4 Å². The summed E-state index contributed by atoms with van der Waals surface area (Å²) in [6.45, 7) is 20.7. The van der Waals surface area contributed by atoms with Gasteiger partial charge in [-0.05, 0) is 138 Å². The molecule has 10 atom stereocenters. The average Bonchev–Trinajstić information content (AvgIpc) is 3.53. The lowest BCUT2D eigenvalue weighted by atomic mass is 9.33. The van der Waals surface area contributed by atoms with Crippen LogP contribution in [0.1, 0.15) is 115 Å². The molecule has 0 radical (unpaired) electrons. The van der Waals surface area contributed by atoms with Gasteiger partial charge in [-0.2, -0.15) is 0 Å². The number of carboxylic acid groups (broad SMARTS) is 1. The molecule has 0 bridgehead atoms. The van der Waals surface area contributed by atoms with Crippen LogP contribution < -0.4 is 5.32 Å². The second-order valence-corrected chi connectivity index (χ2v) is 25.9. The molecular formula is C46H71N3O6S2. The number of carbonyl (C=O) groups is 1. The summed E-state index contributed by atoms with van der Waals surface area (Å²) in [7, 11) is -5.83. The summed E-state index contributed by atoms with van der Waals surface area (Å²) in [6.07, 6.45) is 13.4. The van der Waals surface area contributed by atoms with E-state index in [0.717, 1.165) is 31.6 Å². The minimum absolute atomic E-state index is 0.0270. The predicted molar refractivity (Wildman–Crippen MR) is 229 cm³/mol. The van der Waals surface area contributed by atoms with Crippen LogP contribution in [0.5, 0.6) is 0 Å². The van der Waals surface area contributed by atoms with Crippen LogP contribution in [0.4, 0.5) is 0 Å². The molecule has 0 spiro atoms. The number of hydrogen-bond donors (Lipinski definition) is 2. The molecule has 2 N–H and O–H groups in total. The molecule has 2 heterocycles. The number of hydrogen-bond acceptors (Lipinski definition) is 8. The number of benzene rings is 1. The highest BCUT2D eigenvalue weighted by molar-refractivity contribution is 7.91. The van der Waals surface area contributed by atoms with Crippen molar-refractivity contribution in [3.63, 3.8) is 0 Å². The van der Waals surface area contributed by atoms with E-state index in [-0.39, 0.29) is 50.2 Å². The van der Waals surface area contributed by atoms with Gasteiger partial charge in [0.05, 0.1) is 28.6 Å². The Morgan fingerprint density at radius 2 is 1.42 bits per heavy atom. The maximum atomic E-state index is 12.3. The SMILES string of the molecule is CC(CN1CCS(=O)(=O)CC1)C1CCC2(NCCN3CCS(=O)(=O)CC3)CCC3(C)C(CCC4C5(C)CC=C(c6ccc(C(=O)O)cc6)C(C)(C)C5CCC43C)C12. The quantitative estimate of drug-likeness (QED) is 0.274. The molecule has 9 nitrogen and oxygen atoms in total. The number of fused-ring (bicyclic) bond motifs is 7. The Balaban J connectivity index is 1.07. The topological polar surface area (TPSA) is 124 Å². The van der Waals surface area contributed by atoms with Gasteiger partial charge in [-0.1, -0.05) is 59.8 Å². The minimum Gasteiger partial charge on any atom is -0.478 e. The van der Waals surface area contributed by atoms with Crippen LogP contribution >= 0.6 is 0 Å². The first-order chi connectivity index (χ1) is 26.7. The first kappa shape index (κ1) is 41.9. The number of nitrogens with zero attached hydrogens (tertiary/aromatic N) is 2. The van der Waals surface area contributed by atoms with E-state index in [1.54, 1.807) is 12.1 Å². The van der Waals surface area contributed by atoms with Crippen molar-refractivity contribution in [2.75, 3.05) is 68.8 Å². The van der Waals surface area contributed by atoms with Crippen molar-refractivity contribution in [3.8, 4) is 0 Å². The van der Waals surface area contributed by atoms with Crippen LogP contribution in [0, 0.1) is 57.2 Å². The lowest BCUT2D eigenvalue weighted by Gasteiger charge is -2.72. The molecular weight excluding hydrogens is 755 g/mol. The van der Waals surface area contributed by atoms with E-state index in [1.807, 2.05) is 12.1 Å². The van der Waals surface area contributed by atoms with E-state index in [0.29, 0.717) is 67.2 Å². The summed E-state index contributed by atoms with van der Waals surface area (Å²) in [5.41, 5.74) is 3.54. The van der Waals surface area contributed by atoms with Crippen molar-refractivity contribution in [3.05, 3.63) is 41.5 Å². The Morgan fingerprint density at radius 3 is 2.05 bits per heavy atom. The maximum absolute atomic E-state index is 12.3. The highest BCUT2D eigenvalue weighted by Crippen LogP contribution is 2.76. The summed E-state index contributed by atoms with van der Waals surface area (Å²) < 4.78 is 49.0. The first-order valence-corrected chi connectivity index (χ1v) is 26.0. The Kier molecular flexibility index (Phi) is 10.8. The second-order valence-electron chi connectivity index (χ2n) is 21.3. The third kappa shape index (κ3) is 7.11. The van der Waals surface area contributed by atoms with Crippen molar-refractivity contribution in [1.82, 2.24) is 15.1 Å². The summed E-state index contributed by atoms with van der Waals surface area (Å²) in [6, 6.07) is 7.55. The van der Waals surface area contributed by atoms with Crippen LogP contribution in [-0.2, 0) is 19.7 Å². The first-order valence-electron chi connectivity index (χ1n) is 22.4. The highest BCUT2D eigenvalue weighted by Gasteiger charge is 2.70. The zero-order chi connectivity index (χ0) is 40.8. The molecule has 10 unspecified atom stereocenters. The average molecular weight is 826 g/mol. The summed E-state index contributed by atoms with van der Waals surface area (Å²) in [5.74, 6) is 3.64. The molecule has 1 aromatic carbocycles. The van der Waals surface area contributed by atoms with Gasteiger partial charge in [0.2, 0.25) is 0 Å². The number of allylic oxidation sites excluding steroid dienone is 2. The molecule has 318 valence electrons. The molecule has 0 amide bonds. The third-order valence-electron chi connectivity index (χ3n) is 18.6. The summed E-state index contributed by atoms with van der Waals surface area (Å²) >= 11 is 0. The molecule has 0 aromatic heterocycles. The second kappa shape index (κ2) is 14.7.